The number of pyridine rings is 1. The van der Waals surface area contributed by atoms with E-state index >= 15 is 0 Å². The third-order valence-corrected chi connectivity index (χ3v) is 6.68. The molecule has 2 aromatic rings. The van der Waals surface area contributed by atoms with Crippen molar-refractivity contribution in [2.75, 3.05) is 6.54 Å². The Morgan fingerprint density at radius 2 is 2.11 bits per heavy atom. The topological polar surface area (TPSA) is 122 Å². The number of fused-ring (bicyclic) bond motifs is 5. The Labute approximate surface area is 197 Å². The summed E-state index contributed by atoms with van der Waals surface area (Å²) in [5.74, 6) is -4.99. The van der Waals surface area contributed by atoms with Crippen LogP contribution in [-0.2, 0) is 16.1 Å². The van der Waals surface area contributed by atoms with Crippen LogP contribution in [0.5, 0.6) is 5.75 Å². The Morgan fingerprint density at radius 3 is 2.80 bits per heavy atom. The third kappa shape index (κ3) is 3.60. The van der Waals surface area contributed by atoms with Gasteiger partial charge in [0.1, 0.15) is 23.2 Å². The van der Waals surface area contributed by atoms with Crippen molar-refractivity contribution in [2.45, 2.75) is 51.1 Å². The molecule has 5 rings (SSSR count). The number of aromatic nitrogens is 1. The molecule has 0 aliphatic carbocycles. The molecule has 1 aromatic carbocycles. The van der Waals surface area contributed by atoms with E-state index < -0.39 is 52.0 Å². The molecule has 2 bridgehead atoms. The summed E-state index contributed by atoms with van der Waals surface area (Å²) in [6.07, 6.45) is 2.05. The van der Waals surface area contributed by atoms with Crippen LogP contribution in [0.3, 0.4) is 0 Å². The van der Waals surface area contributed by atoms with E-state index in [1.165, 1.54) is 21.7 Å². The van der Waals surface area contributed by atoms with Crippen LogP contribution in [0.15, 0.2) is 34.3 Å². The number of ether oxygens (including phenoxy) is 1. The lowest BCUT2D eigenvalue weighted by Crippen LogP contribution is -2.53. The van der Waals surface area contributed by atoms with Crippen LogP contribution in [0, 0.1) is 11.6 Å². The van der Waals surface area contributed by atoms with Crippen molar-refractivity contribution >= 4 is 17.7 Å². The molecule has 3 aliphatic heterocycles. The number of carbonyl (C=O) groups excluding carboxylic acids is 2. The Balaban J connectivity index is 1.55. The summed E-state index contributed by atoms with van der Waals surface area (Å²) in [6.45, 7) is 3.27. The first-order valence-electron chi connectivity index (χ1n) is 11.0. The first-order chi connectivity index (χ1) is 16.6. The molecule has 2 amide bonds. The Hall–Kier alpha value is -3.96. The number of nitrogens with one attached hydrogen (secondary N) is 1. The van der Waals surface area contributed by atoms with Gasteiger partial charge in [0, 0.05) is 50.3 Å². The van der Waals surface area contributed by atoms with Gasteiger partial charge in [-0.2, -0.15) is 0 Å². The SMILES string of the molecule is CC1=NOC2(CC[C@H](C)N3C[C@H]2n2cc(C(=O)NCc4ccc(F)cc4F)c(=O)c(O)c2C3=O)O1. The highest BCUT2D eigenvalue weighted by molar-refractivity contribution is 5.99. The minimum Gasteiger partial charge on any atom is -0.503 e. The summed E-state index contributed by atoms with van der Waals surface area (Å²) in [5, 5.41) is 17.1. The predicted molar refractivity (Wildman–Crippen MR) is 117 cm³/mol. The first-order valence-corrected chi connectivity index (χ1v) is 11.0. The second-order valence-corrected chi connectivity index (χ2v) is 8.87. The summed E-state index contributed by atoms with van der Waals surface area (Å²) in [6, 6.07) is 1.93. The van der Waals surface area contributed by atoms with Crippen LogP contribution >= 0.6 is 0 Å². The Morgan fingerprint density at radius 1 is 1.34 bits per heavy atom. The van der Waals surface area contributed by atoms with Crippen LogP contribution in [0.25, 0.3) is 0 Å². The minimum atomic E-state index is -1.30. The number of amides is 2. The molecule has 3 aliphatic rings. The van der Waals surface area contributed by atoms with Gasteiger partial charge in [0.05, 0.1) is 0 Å². The molecular formula is C23H22F2N4O6. The smallest absolute Gasteiger partial charge is 0.299 e. The molecule has 35 heavy (non-hydrogen) atoms. The molecule has 0 radical (unpaired) electrons. The number of hydrogen-bond acceptors (Lipinski definition) is 7. The largest absolute Gasteiger partial charge is 0.503 e. The highest BCUT2D eigenvalue weighted by Gasteiger charge is 2.55. The molecule has 184 valence electrons. The van der Waals surface area contributed by atoms with Crippen molar-refractivity contribution in [1.82, 2.24) is 14.8 Å². The summed E-state index contributed by atoms with van der Waals surface area (Å²) in [7, 11) is 0. The average Bonchev–Trinajstić information content (AvgIpc) is 3.14. The van der Waals surface area contributed by atoms with E-state index in [2.05, 4.69) is 10.5 Å². The van der Waals surface area contributed by atoms with Crippen molar-refractivity contribution in [3.05, 3.63) is 63.1 Å². The molecule has 0 saturated carbocycles. The molecule has 1 unspecified atom stereocenters. The van der Waals surface area contributed by atoms with E-state index in [9.17, 15) is 28.3 Å². The van der Waals surface area contributed by atoms with Gasteiger partial charge in [0.15, 0.2) is 11.4 Å². The fraction of sp³-hybridized carbons (Fsp3) is 0.391. The van der Waals surface area contributed by atoms with E-state index in [-0.39, 0.29) is 36.3 Å². The lowest BCUT2D eigenvalue weighted by Gasteiger charge is -2.40. The molecule has 1 aromatic heterocycles. The fourth-order valence-corrected chi connectivity index (χ4v) is 4.79. The van der Waals surface area contributed by atoms with E-state index in [1.54, 1.807) is 6.92 Å². The van der Waals surface area contributed by atoms with E-state index in [0.717, 1.165) is 6.07 Å². The molecule has 1 saturated heterocycles. The molecular weight excluding hydrogens is 466 g/mol. The highest BCUT2D eigenvalue weighted by atomic mass is 19.1. The van der Waals surface area contributed by atoms with E-state index in [0.29, 0.717) is 18.9 Å². The zero-order valence-corrected chi connectivity index (χ0v) is 18.9. The maximum absolute atomic E-state index is 13.9. The minimum absolute atomic E-state index is 0.00458. The van der Waals surface area contributed by atoms with Crippen molar-refractivity contribution in [3.8, 4) is 5.75 Å². The van der Waals surface area contributed by atoms with Gasteiger partial charge in [-0.1, -0.05) is 6.07 Å². The maximum Gasteiger partial charge on any atom is 0.299 e. The Kier molecular flexibility index (Phi) is 5.26. The second-order valence-electron chi connectivity index (χ2n) is 8.87. The van der Waals surface area contributed by atoms with Gasteiger partial charge in [-0.3, -0.25) is 14.4 Å². The van der Waals surface area contributed by atoms with Gasteiger partial charge in [-0.25, -0.2) is 8.78 Å². The number of halogens is 2. The maximum atomic E-state index is 13.9. The van der Waals surface area contributed by atoms with E-state index in [1.807, 2.05) is 6.92 Å². The van der Waals surface area contributed by atoms with Gasteiger partial charge in [-0.15, -0.1) is 0 Å². The lowest BCUT2D eigenvalue weighted by atomic mass is 9.99. The second kappa shape index (κ2) is 8.07. The number of rotatable bonds is 3. The summed E-state index contributed by atoms with van der Waals surface area (Å²) in [5.41, 5.74) is -1.79. The van der Waals surface area contributed by atoms with Gasteiger partial charge < -0.3 is 29.5 Å². The number of nitrogens with zero attached hydrogens (tertiary/aromatic N) is 3. The van der Waals surface area contributed by atoms with Crippen molar-refractivity contribution in [3.63, 3.8) is 0 Å². The quantitative estimate of drug-likeness (QED) is 0.682. The molecule has 2 N–H and O–H groups in total. The fourth-order valence-electron chi connectivity index (χ4n) is 4.79. The normalized spacial score (nSPS) is 24.9. The third-order valence-electron chi connectivity index (χ3n) is 6.68. The van der Waals surface area contributed by atoms with Crippen LogP contribution in [0.2, 0.25) is 0 Å². The molecule has 1 fully saturated rings. The monoisotopic (exact) mass is 488 g/mol. The molecule has 10 nitrogen and oxygen atoms in total. The Bertz CT molecular complexity index is 1340. The van der Waals surface area contributed by atoms with Crippen LogP contribution < -0.4 is 10.7 Å². The lowest BCUT2D eigenvalue weighted by molar-refractivity contribution is -0.194. The van der Waals surface area contributed by atoms with Gasteiger partial charge in [0.2, 0.25) is 11.3 Å². The van der Waals surface area contributed by atoms with Crippen LogP contribution in [0.1, 0.15) is 59.1 Å². The summed E-state index contributed by atoms with van der Waals surface area (Å²) >= 11 is 0. The summed E-state index contributed by atoms with van der Waals surface area (Å²) in [4.78, 5) is 46.2. The van der Waals surface area contributed by atoms with Crippen molar-refractivity contribution in [2.24, 2.45) is 5.16 Å². The molecule has 12 heteroatoms. The number of hydrogen-bond donors (Lipinski definition) is 2. The zero-order valence-electron chi connectivity index (χ0n) is 18.9. The van der Waals surface area contributed by atoms with Crippen molar-refractivity contribution < 1.29 is 33.1 Å². The first kappa shape index (κ1) is 22.8. The highest BCUT2D eigenvalue weighted by Crippen LogP contribution is 2.44. The van der Waals surface area contributed by atoms with Crippen LogP contribution in [0.4, 0.5) is 8.78 Å². The van der Waals surface area contributed by atoms with E-state index in [4.69, 9.17) is 9.57 Å². The number of aromatic hydroxyl groups is 1. The molecule has 3 atom stereocenters. The average molecular weight is 488 g/mol. The standard InChI is InChI=1S/C23H22F2N4O6/c1-11-5-6-23(34-12(2)27-35-23)17-10-28(11)22(33)18-20(31)19(30)15(9-29(17)18)21(32)26-8-13-3-4-14(24)7-16(13)25/h3-4,7,9,11,17,31H,5-6,8,10H2,1-2H3,(H,26,32)/t11-,17+,23?/m0/s1. The van der Waals surface area contributed by atoms with Crippen LogP contribution in [-0.4, -0.2) is 50.7 Å². The van der Waals surface area contributed by atoms with Gasteiger partial charge in [-0.05, 0) is 24.6 Å². The zero-order chi connectivity index (χ0) is 25.1. The molecule has 4 heterocycles. The predicted octanol–water partition coefficient (Wildman–Crippen LogP) is 2.02. The number of carbonyl (C=O) groups is 2. The number of benzene rings is 1. The van der Waals surface area contributed by atoms with Gasteiger partial charge >= 0.3 is 0 Å². The van der Waals surface area contributed by atoms with Crippen molar-refractivity contribution in [1.29, 1.82) is 0 Å². The summed E-state index contributed by atoms with van der Waals surface area (Å²) < 4.78 is 34.4. The number of oxime groups is 1. The van der Waals surface area contributed by atoms with Gasteiger partial charge in [0.25, 0.3) is 17.6 Å². The molecule has 1 spiro atoms.